The van der Waals surface area contributed by atoms with E-state index in [9.17, 15) is 4.79 Å². The molecule has 0 heterocycles. The Hall–Kier alpha value is -2.81. The van der Waals surface area contributed by atoms with Crippen molar-refractivity contribution in [1.29, 1.82) is 0 Å². The number of nitrogens with one attached hydrogen (secondary N) is 1. The van der Waals surface area contributed by atoms with Gasteiger partial charge in [0.2, 0.25) is 0 Å². The first-order valence-corrected chi connectivity index (χ1v) is 10.0. The summed E-state index contributed by atoms with van der Waals surface area (Å²) in [4.78, 5) is 12.3. The van der Waals surface area contributed by atoms with Crippen LogP contribution in [0.15, 0.2) is 66.7 Å². The topological polar surface area (TPSA) is 38.3 Å². The Labute approximate surface area is 167 Å². The van der Waals surface area contributed by atoms with Crippen LogP contribution in [0.4, 0.5) is 0 Å². The quantitative estimate of drug-likeness (QED) is 0.530. The van der Waals surface area contributed by atoms with Gasteiger partial charge in [-0.25, -0.2) is 0 Å². The highest BCUT2D eigenvalue weighted by Gasteiger charge is 2.14. The number of carbonyl (C=O) groups is 1. The normalized spacial score (nSPS) is 12.1. The van der Waals surface area contributed by atoms with E-state index in [1.54, 1.807) is 6.92 Å². The Balaban J connectivity index is 1.43. The molecule has 1 N–H and O–H groups in total. The first kappa shape index (κ1) is 19.9. The Morgan fingerprint density at radius 3 is 2.36 bits per heavy atom. The van der Waals surface area contributed by atoms with Crippen molar-refractivity contribution in [3.8, 4) is 5.75 Å². The highest BCUT2D eigenvalue weighted by molar-refractivity contribution is 5.84. The molecule has 0 unspecified atom stereocenters. The fraction of sp³-hybridized carbons (Fsp3) is 0.320. The second kappa shape index (κ2) is 9.41. The number of hydrogen-bond donors (Lipinski definition) is 1. The van der Waals surface area contributed by atoms with E-state index in [4.69, 9.17) is 4.74 Å². The second-order valence-electron chi connectivity index (χ2n) is 7.56. The van der Waals surface area contributed by atoms with Gasteiger partial charge in [0.25, 0.3) is 5.91 Å². The minimum Gasteiger partial charge on any atom is -0.481 e. The molecule has 0 fully saturated rings. The molecular weight excluding hydrogens is 346 g/mol. The molecule has 1 amide bonds. The lowest BCUT2D eigenvalue weighted by molar-refractivity contribution is -0.127. The zero-order valence-corrected chi connectivity index (χ0v) is 16.9. The largest absolute Gasteiger partial charge is 0.481 e. The predicted molar refractivity (Wildman–Crippen MR) is 116 cm³/mol. The van der Waals surface area contributed by atoms with Crippen LogP contribution in [0.1, 0.15) is 44.2 Å². The SMILES string of the molecule is CC(C)c1ccc(CCCNC(=O)[C@H](C)Oc2ccc3ccccc3c2)cc1. The summed E-state index contributed by atoms with van der Waals surface area (Å²) in [6, 6.07) is 22.8. The number of amides is 1. The van der Waals surface area contributed by atoms with Crippen molar-refractivity contribution in [3.05, 3.63) is 77.9 Å². The number of benzene rings is 3. The lowest BCUT2D eigenvalue weighted by Crippen LogP contribution is -2.36. The third-order valence-electron chi connectivity index (χ3n) is 4.99. The molecule has 0 aliphatic carbocycles. The molecule has 3 nitrogen and oxygen atoms in total. The van der Waals surface area contributed by atoms with Crippen molar-refractivity contribution < 1.29 is 9.53 Å². The Bertz CT molecular complexity index is 915. The minimum atomic E-state index is -0.522. The van der Waals surface area contributed by atoms with Gasteiger partial charge in [-0.15, -0.1) is 0 Å². The molecule has 0 aromatic heterocycles. The molecule has 3 aromatic carbocycles. The van der Waals surface area contributed by atoms with E-state index in [1.165, 1.54) is 11.1 Å². The van der Waals surface area contributed by atoms with E-state index in [0.717, 1.165) is 23.6 Å². The van der Waals surface area contributed by atoms with Gasteiger partial charge in [0.15, 0.2) is 6.10 Å². The molecule has 0 radical (unpaired) electrons. The van der Waals surface area contributed by atoms with Crippen molar-refractivity contribution in [2.24, 2.45) is 0 Å². The standard InChI is InChI=1S/C25H29NO2/c1-18(2)21-12-10-20(11-13-21)7-6-16-26-25(27)19(3)28-24-15-14-22-8-4-5-9-23(22)17-24/h4-5,8-15,17-19H,6-7,16H2,1-3H3,(H,26,27)/t19-/m0/s1. The van der Waals surface area contributed by atoms with Crippen LogP contribution in [0.5, 0.6) is 5.75 Å². The smallest absolute Gasteiger partial charge is 0.260 e. The minimum absolute atomic E-state index is 0.0803. The summed E-state index contributed by atoms with van der Waals surface area (Å²) >= 11 is 0. The van der Waals surface area contributed by atoms with Crippen LogP contribution < -0.4 is 10.1 Å². The molecule has 3 rings (SSSR count). The van der Waals surface area contributed by atoms with Gasteiger partial charge in [-0.2, -0.15) is 0 Å². The summed E-state index contributed by atoms with van der Waals surface area (Å²) in [7, 11) is 0. The third-order valence-corrected chi connectivity index (χ3v) is 4.99. The van der Waals surface area contributed by atoms with Gasteiger partial charge in [0.1, 0.15) is 5.75 Å². The van der Waals surface area contributed by atoms with Gasteiger partial charge < -0.3 is 10.1 Å². The zero-order valence-electron chi connectivity index (χ0n) is 16.9. The number of fused-ring (bicyclic) bond motifs is 1. The van der Waals surface area contributed by atoms with Gasteiger partial charge in [-0.05, 0) is 59.7 Å². The van der Waals surface area contributed by atoms with Gasteiger partial charge in [-0.1, -0.05) is 68.4 Å². The van der Waals surface area contributed by atoms with E-state index < -0.39 is 6.10 Å². The molecule has 0 aliphatic heterocycles. The van der Waals surface area contributed by atoms with Gasteiger partial charge >= 0.3 is 0 Å². The predicted octanol–water partition coefficient (Wildman–Crippen LogP) is 5.48. The lowest BCUT2D eigenvalue weighted by Gasteiger charge is -2.15. The van der Waals surface area contributed by atoms with E-state index in [2.05, 4.69) is 49.5 Å². The molecule has 0 saturated carbocycles. The summed E-state index contributed by atoms with van der Waals surface area (Å²) in [5.41, 5.74) is 2.66. The molecule has 146 valence electrons. The molecule has 3 heteroatoms. The summed E-state index contributed by atoms with van der Waals surface area (Å²) in [5, 5.41) is 5.24. The highest BCUT2D eigenvalue weighted by atomic mass is 16.5. The lowest BCUT2D eigenvalue weighted by atomic mass is 10.0. The van der Waals surface area contributed by atoms with Crippen LogP contribution >= 0.6 is 0 Å². The Morgan fingerprint density at radius 1 is 0.929 bits per heavy atom. The average Bonchev–Trinajstić information content (AvgIpc) is 2.71. The summed E-state index contributed by atoms with van der Waals surface area (Å²) in [5.74, 6) is 1.19. The fourth-order valence-electron chi connectivity index (χ4n) is 3.22. The van der Waals surface area contributed by atoms with Crippen LogP contribution in [0.2, 0.25) is 0 Å². The van der Waals surface area contributed by atoms with Crippen molar-refractivity contribution >= 4 is 16.7 Å². The Kier molecular flexibility index (Phi) is 6.70. The maximum absolute atomic E-state index is 12.3. The molecule has 0 aliphatic rings. The van der Waals surface area contributed by atoms with Crippen LogP contribution in [0.3, 0.4) is 0 Å². The summed E-state index contributed by atoms with van der Waals surface area (Å²) < 4.78 is 5.82. The summed E-state index contributed by atoms with van der Waals surface area (Å²) in [6.07, 6.45) is 1.35. The molecule has 0 spiro atoms. The second-order valence-corrected chi connectivity index (χ2v) is 7.56. The van der Waals surface area contributed by atoms with Crippen molar-refractivity contribution in [2.75, 3.05) is 6.54 Å². The van der Waals surface area contributed by atoms with Crippen LogP contribution in [0, 0.1) is 0 Å². The van der Waals surface area contributed by atoms with Crippen LogP contribution in [-0.4, -0.2) is 18.6 Å². The number of carbonyl (C=O) groups excluding carboxylic acids is 1. The molecule has 0 bridgehead atoms. The van der Waals surface area contributed by atoms with Gasteiger partial charge in [0.05, 0.1) is 0 Å². The van der Waals surface area contributed by atoms with Gasteiger partial charge in [0, 0.05) is 6.54 Å². The highest BCUT2D eigenvalue weighted by Crippen LogP contribution is 2.21. The third kappa shape index (κ3) is 5.35. The van der Waals surface area contributed by atoms with Crippen molar-refractivity contribution in [1.82, 2.24) is 5.32 Å². The number of rotatable bonds is 8. The van der Waals surface area contributed by atoms with Crippen molar-refractivity contribution in [2.45, 2.75) is 45.6 Å². The Morgan fingerprint density at radius 2 is 1.64 bits per heavy atom. The first-order valence-electron chi connectivity index (χ1n) is 10.0. The monoisotopic (exact) mass is 375 g/mol. The molecule has 0 saturated heterocycles. The van der Waals surface area contributed by atoms with E-state index >= 15 is 0 Å². The zero-order chi connectivity index (χ0) is 19.9. The first-order chi connectivity index (χ1) is 13.5. The maximum atomic E-state index is 12.3. The van der Waals surface area contributed by atoms with Crippen LogP contribution in [0.25, 0.3) is 10.8 Å². The van der Waals surface area contributed by atoms with E-state index in [1.807, 2.05) is 36.4 Å². The number of hydrogen-bond acceptors (Lipinski definition) is 2. The maximum Gasteiger partial charge on any atom is 0.260 e. The fourth-order valence-corrected chi connectivity index (χ4v) is 3.22. The van der Waals surface area contributed by atoms with Gasteiger partial charge in [-0.3, -0.25) is 4.79 Å². The van der Waals surface area contributed by atoms with E-state index in [0.29, 0.717) is 18.2 Å². The molecule has 3 aromatic rings. The van der Waals surface area contributed by atoms with E-state index in [-0.39, 0.29) is 5.91 Å². The van der Waals surface area contributed by atoms with Crippen LogP contribution in [-0.2, 0) is 11.2 Å². The summed E-state index contributed by atoms with van der Waals surface area (Å²) in [6.45, 7) is 6.84. The molecule has 28 heavy (non-hydrogen) atoms. The number of ether oxygens (including phenoxy) is 1. The average molecular weight is 376 g/mol. The number of aryl methyl sites for hydroxylation is 1. The molecule has 1 atom stereocenters. The van der Waals surface area contributed by atoms with Crippen molar-refractivity contribution in [3.63, 3.8) is 0 Å². The molecular formula is C25H29NO2.